The minimum atomic E-state index is 0.218. The van der Waals surface area contributed by atoms with E-state index in [1.165, 1.54) is 4.70 Å². The number of fused-ring (bicyclic) bond motifs is 2. The molecule has 0 unspecified atom stereocenters. The number of thiazole rings is 1. The summed E-state index contributed by atoms with van der Waals surface area (Å²) in [5, 5.41) is 0.957. The molecule has 3 aromatic rings. The molecule has 0 aliphatic heterocycles. The lowest BCUT2D eigenvalue weighted by Gasteiger charge is -2.08. The largest absolute Gasteiger partial charge is 0.486 e. The monoisotopic (exact) mass is 295 g/mol. The second-order valence-corrected chi connectivity index (χ2v) is 6.18. The Bertz CT molecular complexity index is 805. The van der Waals surface area contributed by atoms with Gasteiger partial charge >= 0.3 is 0 Å². The molecule has 0 saturated heterocycles. The Hall–Kier alpha value is -2.20. The molecule has 0 bridgehead atoms. The van der Waals surface area contributed by atoms with E-state index in [4.69, 9.17) is 4.74 Å². The summed E-state index contributed by atoms with van der Waals surface area (Å²) in [5.74, 6) is 1.04. The number of carbonyl (C=O) groups excluding carboxylic acids is 1. The van der Waals surface area contributed by atoms with Crippen molar-refractivity contribution >= 4 is 27.3 Å². The smallest absolute Gasteiger partial charge is 0.163 e. The first-order valence-electron chi connectivity index (χ1n) is 6.93. The van der Waals surface area contributed by atoms with Crippen LogP contribution in [0.25, 0.3) is 10.2 Å². The van der Waals surface area contributed by atoms with Gasteiger partial charge in [0.1, 0.15) is 17.4 Å². The maximum atomic E-state index is 11.7. The van der Waals surface area contributed by atoms with Crippen LogP contribution in [-0.4, -0.2) is 10.8 Å². The molecule has 21 heavy (non-hydrogen) atoms. The van der Waals surface area contributed by atoms with E-state index < -0.39 is 0 Å². The summed E-state index contributed by atoms with van der Waals surface area (Å²) in [7, 11) is 0. The van der Waals surface area contributed by atoms with Gasteiger partial charge < -0.3 is 4.74 Å². The van der Waals surface area contributed by atoms with Gasteiger partial charge in [-0.2, -0.15) is 0 Å². The van der Waals surface area contributed by atoms with Gasteiger partial charge in [0, 0.05) is 17.5 Å². The molecular formula is C17H13NO2S. The van der Waals surface area contributed by atoms with Crippen LogP contribution in [0.4, 0.5) is 0 Å². The summed E-state index contributed by atoms with van der Waals surface area (Å²) < 4.78 is 7.08. The van der Waals surface area contributed by atoms with Gasteiger partial charge in [-0.1, -0.05) is 24.3 Å². The Morgan fingerprint density at radius 2 is 2.00 bits per heavy atom. The van der Waals surface area contributed by atoms with Crippen molar-refractivity contribution in [2.75, 3.05) is 0 Å². The van der Waals surface area contributed by atoms with Gasteiger partial charge in [-0.15, -0.1) is 11.3 Å². The summed E-state index contributed by atoms with van der Waals surface area (Å²) in [4.78, 5) is 16.3. The van der Waals surface area contributed by atoms with E-state index in [-0.39, 0.29) is 5.78 Å². The van der Waals surface area contributed by atoms with E-state index in [0.29, 0.717) is 13.0 Å². The number of ether oxygens (including phenoxy) is 1. The van der Waals surface area contributed by atoms with Crippen molar-refractivity contribution in [1.29, 1.82) is 0 Å². The van der Waals surface area contributed by atoms with Crippen LogP contribution in [0.1, 0.15) is 27.3 Å². The molecule has 0 spiro atoms. The quantitative estimate of drug-likeness (QED) is 0.733. The number of benzene rings is 2. The molecule has 1 aliphatic carbocycles. The molecule has 0 radical (unpaired) electrons. The number of rotatable bonds is 3. The molecule has 104 valence electrons. The van der Waals surface area contributed by atoms with E-state index in [9.17, 15) is 4.79 Å². The summed E-state index contributed by atoms with van der Waals surface area (Å²) in [6.45, 7) is 0.448. The Balaban J connectivity index is 1.59. The molecular weight excluding hydrogens is 282 g/mol. The highest BCUT2D eigenvalue weighted by Gasteiger charge is 2.22. The molecule has 1 heterocycles. The van der Waals surface area contributed by atoms with Crippen LogP contribution in [0, 0.1) is 0 Å². The number of para-hydroxylation sites is 1. The Kier molecular flexibility index (Phi) is 2.97. The van der Waals surface area contributed by atoms with E-state index >= 15 is 0 Å². The lowest BCUT2D eigenvalue weighted by Crippen LogP contribution is -1.98. The third-order valence-corrected chi connectivity index (χ3v) is 4.73. The number of aromatic nitrogens is 1. The van der Waals surface area contributed by atoms with Gasteiger partial charge in [-0.05, 0) is 24.6 Å². The van der Waals surface area contributed by atoms with Crippen LogP contribution < -0.4 is 4.74 Å². The van der Waals surface area contributed by atoms with Gasteiger partial charge in [-0.25, -0.2) is 4.98 Å². The van der Waals surface area contributed by atoms with Crippen LogP contribution in [0.5, 0.6) is 5.75 Å². The fourth-order valence-electron chi connectivity index (χ4n) is 2.71. The molecule has 4 heteroatoms. The van der Waals surface area contributed by atoms with Crippen LogP contribution >= 0.6 is 11.3 Å². The number of nitrogens with zero attached hydrogens (tertiary/aromatic N) is 1. The fraction of sp³-hybridized carbons (Fsp3) is 0.176. The number of hydrogen-bond donors (Lipinski definition) is 0. The second-order valence-electron chi connectivity index (χ2n) is 5.07. The third-order valence-electron chi connectivity index (χ3n) is 3.72. The average molecular weight is 295 g/mol. The molecule has 3 nitrogen and oxygen atoms in total. The minimum Gasteiger partial charge on any atom is -0.486 e. The first-order valence-corrected chi connectivity index (χ1v) is 7.75. The molecule has 2 aromatic carbocycles. The van der Waals surface area contributed by atoms with Crippen molar-refractivity contribution in [2.24, 2.45) is 0 Å². The van der Waals surface area contributed by atoms with Crippen molar-refractivity contribution < 1.29 is 9.53 Å². The number of Topliss-reactive ketones (excluding diaryl/α,β-unsaturated/α-hetero) is 1. The number of carbonyl (C=O) groups is 1. The van der Waals surface area contributed by atoms with E-state index in [2.05, 4.69) is 11.1 Å². The zero-order valence-corrected chi connectivity index (χ0v) is 12.2. The van der Waals surface area contributed by atoms with Gasteiger partial charge in [0.15, 0.2) is 5.78 Å². The average Bonchev–Trinajstić information content (AvgIpc) is 3.09. The minimum absolute atomic E-state index is 0.218. The molecule has 0 saturated carbocycles. The summed E-state index contributed by atoms with van der Waals surface area (Å²) in [6, 6.07) is 13.8. The molecule has 0 amide bonds. The van der Waals surface area contributed by atoms with E-state index in [1.807, 2.05) is 36.4 Å². The number of hydrogen-bond acceptors (Lipinski definition) is 4. The van der Waals surface area contributed by atoms with Crippen LogP contribution in [0.3, 0.4) is 0 Å². The molecule has 1 aliphatic rings. The van der Waals surface area contributed by atoms with Gasteiger partial charge in [-0.3, -0.25) is 4.79 Å². The summed E-state index contributed by atoms with van der Waals surface area (Å²) in [5.41, 5.74) is 2.87. The highest BCUT2D eigenvalue weighted by Crippen LogP contribution is 2.31. The van der Waals surface area contributed by atoms with Crippen LogP contribution in [0.2, 0.25) is 0 Å². The molecule has 1 aromatic heterocycles. The molecule has 0 fully saturated rings. The van der Waals surface area contributed by atoms with Crippen molar-refractivity contribution in [3.8, 4) is 5.75 Å². The predicted octanol–water partition coefficient (Wildman–Crippen LogP) is 4.00. The predicted molar refractivity (Wildman–Crippen MR) is 83.0 cm³/mol. The first kappa shape index (κ1) is 12.5. The maximum Gasteiger partial charge on any atom is 0.163 e. The fourth-order valence-corrected chi connectivity index (χ4v) is 3.59. The zero-order valence-electron chi connectivity index (χ0n) is 11.3. The normalized spacial score (nSPS) is 13.6. The van der Waals surface area contributed by atoms with Crippen molar-refractivity contribution in [2.45, 2.75) is 19.4 Å². The Morgan fingerprint density at radius 1 is 1.10 bits per heavy atom. The standard InChI is InChI=1S/C17H13NO2S/c19-14-9-8-12-11(14)4-3-6-15(12)20-10-17-18-13-5-1-2-7-16(13)21-17/h1-7H,8-10H2. The van der Waals surface area contributed by atoms with Crippen LogP contribution in [-0.2, 0) is 13.0 Å². The van der Waals surface area contributed by atoms with E-state index in [1.54, 1.807) is 11.3 Å². The first-order chi connectivity index (χ1) is 10.3. The van der Waals surface area contributed by atoms with Crippen molar-refractivity contribution in [3.05, 3.63) is 58.6 Å². The Labute approximate surface area is 126 Å². The molecule has 4 rings (SSSR count). The van der Waals surface area contributed by atoms with Crippen molar-refractivity contribution in [3.63, 3.8) is 0 Å². The van der Waals surface area contributed by atoms with Gasteiger partial charge in [0.05, 0.1) is 10.2 Å². The summed E-state index contributed by atoms with van der Waals surface area (Å²) in [6.07, 6.45) is 1.38. The topological polar surface area (TPSA) is 39.2 Å². The maximum absolute atomic E-state index is 11.7. The second kappa shape index (κ2) is 4.97. The van der Waals surface area contributed by atoms with E-state index in [0.717, 1.165) is 33.8 Å². The Morgan fingerprint density at radius 3 is 2.90 bits per heavy atom. The molecule has 0 atom stereocenters. The lowest BCUT2D eigenvalue weighted by molar-refractivity contribution is 0.0994. The van der Waals surface area contributed by atoms with Crippen molar-refractivity contribution in [1.82, 2.24) is 4.98 Å². The lowest BCUT2D eigenvalue weighted by atomic mass is 10.1. The SMILES string of the molecule is O=C1CCc2c(OCc3nc4ccccc4s3)cccc21. The highest BCUT2D eigenvalue weighted by molar-refractivity contribution is 7.18. The molecule has 0 N–H and O–H groups in total. The number of ketones is 1. The summed E-state index contributed by atoms with van der Waals surface area (Å²) >= 11 is 1.65. The zero-order chi connectivity index (χ0) is 14.2. The van der Waals surface area contributed by atoms with Gasteiger partial charge in [0.25, 0.3) is 0 Å². The third kappa shape index (κ3) is 2.21. The van der Waals surface area contributed by atoms with Crippen LogP contribution in [0.15, 0.2) is 42.5 Å². The van der Waals surface area contributed by atoms with Gasteiger partial charge in [0.2, 0.25) is 0 Å². The highest BCUT2D eigenvalue weighted by atomic mass is 32.1.